The number of piperidine rings is 2. The first-order valence-electron chi connectivity index (χ1n) is 13.8. The van der Waals surface area contributed by atoms with Gasteiger partial charge in [-0.1, -0.05) is 0 Å². The monoisotopic (exact) mass is 543 g/mol. The van der Waals surface area contributed by atoms with Crippen molar-refractivity contribution in [3.8, 4) is 5.06 Å². The quantitative estimate of drug-likeness (QED) is 0.463. The van der Waals surface area contributed by atoms with E-state index in [9.17, 15) is 14.4 Å². The van der Waals surface area contributed by atoms with Crippen LogP contribution in [-0.2, 0) is 6.54 Å². The summed E-state index contributed by atoms with van der Waals surface area (Å²) in [5, 5.41) is 8.54. The molecule has 2 amide bonds. The maximum absolute atomic E-state index is 14.1. The third-order valence-electron chi connectivity index (χ3n) is 8.62. The van der Waals surface area contributed by atoms with Gasteiger partial charge >= 0.3 is 6.09 Å². The van der Waals surface area contributed by atoms with Crippen LogP contribution in [0.3, 0.4) is 0 Å². The first kappa shape index (κ1) is 28.5. The summed E-state index contributed by atoms with van der Waals surface area (Å²) < 4.78 is 6.51. The minimum atomic E-state index is -0.308. The summed E-state index contributed by atoms with van der Waals surface area (Å²) in [5.41, 5.74) is 2.78. The van der Waals surface area contributed by atoms with Crippen molar-refractivity contribution < 1.29 is 18.8 Å². The summed E-state index contributed by atoms with van der Waals surface area (Å²) in [6.07, 6.45) is 5.14. The largest absolute Gasteiger partial charge is 0.522 e. The molecular weight excluding hydrogens is 500 g/mol. The van der Waals surface area contributed by atoms with Crippen molar-refractivity contribution in [3.63, 3.8) is 0 Å². The van der Waals surface area contributed by atoms with E-state index in [0.29, 0.717) is 32.2 Å². The Bertz CT molecular complexity index is 1240. The Hall–Kier alpha value is -2.49. The number of carbonyl (C=O) groups excluding carboxylic acids is 2. The van der Waals surface area contributed by atoms with Crippen LogP contribution in [0, 0.1) is 26.7 Å². The zero-order chi connectivity index (χ0) is 27.7. The number of hydrogen-bond donors (Lipinski definition) is 3. The van der Waals surface area contributed by atoms with Gasteiger partial charge in [0.25, 0.3) is 11.5 Å². The lowest BCUT2D eigenvalue weighted by molar-refractivity contribution is -0.934. The molecule has 2 fully saturated rings. The molecule has 2 unspecified atom stereocenters. The number of hydrogen-bond acceptors (Lipinski definition) is 6. The molecule has 8 nitrogen and oxygen atoms in total. The van der Waals surface area contributed by atoms with Crippen molar-refractivity contribution in [2.45, 2.75) is 91.8 Å². The summed E-state index contributed by atoms with van der Waals surface area (Å²) in [5.74, 6) is 0.202. The van der Waals surface area contributed by atoms with Crippen LogP contribution in [0.15, 0.2) is 16.2 Å². The molecule has 9 heteroatoms. The molecule has 0 saturated carbocycles. The van der Waals surface area contributed by atoms with E-state index in [4.69, 9.17) is 4.74 Å². The first-order chi connectivity index (χ1) is 18.0. The number of thiophene rings is 1. The number of aromatic nitrogens is 1. The van der Waals surface area contributed by atoms with Crippen LogP contribution in [0.2, 0.25) is 0 Å². The van der Waals surface area contributed by atoms with E-state index in [1.165, 1.54) is 11.3 Å². The van der Waals surface area contributed by atoms with Crippen molar-refractivity contribution in [2.24, 2.45) is 5.92 Å². The minimum absolute atomic E-state index is 0.132. The van der Waals surface area contributed by atoms with Gasteiger partial charge in [0.2, 0.25) is 0 Å². The number of likely N-dealkylation sites (tertiary alicyclic amines) is 1. The van der Waals surface area contributed by atoms with Gasteiger partial charge in [-0.05, 0) is 91.9 Å². The van der Waals surface area contributed by atoms with Gasteiger partial charge in [0, 0.05) is 41.1 Å². The second-order valence-corrected chi connectivity index (χ2v) is 12.8. The first-order valence-corrected chi connectivity index (χ1v) is 14.7. The minimum Gasteiger partial charge on any atom is -0.369 e. The number of carbonyl (C=O) groups is 2. The van der Waals surface area contributed by atoms with Crippen molar-refractivity contribution in [3.05, 3.63) is 49.7 Å². The average molecular weight is 544 g/mol. The molecule has 2 aromatic rings. The summed E-state index contributed by atoms with van der Waals surface area (Å²) in [7, 11) is 0. The molecule has 0 aromatic carbocycles. The molecule has 2 aliphatic rings. The SMILES string of the molecule is Cc1cc(C)c(CNC(=O)c2csc(OC(=O)[N+]3(C(C)(C)C)CCCCC3C3CCNCC3)c2C)c(=O)[nH]1. The Kier molecular flexibility index (Phi) is 8.49. The van der Waals surface area contributed by atoms with E-state index in [2.05, 4.69) is 36.4 Å². The molecule has 0 radical (unpaired) electrons. The standard InChI is InChI=1S/C29H42N4O4S/c1-18-15-19(2)32-26(35)22(18)16-31-25(34)23-17-38-27(20(23)3)37-28(36)33(29(4,5)6)14-8-7-9-24(33)21-10-12-30-13-11-21/h15,17,21,24,30H,7-14,16H2,1-6H3,(H-,31,32,34,35)/p+1. The van der Waals surface area contributed by atoms with Crippen LogP contribution < -0.4 is 20.9 Å². The molecule has 3 N–H and O–H groups in total. The van der Waals surface area contributed by atoms with Crippen LogP contribution in [0.5, 0.6) is 5.06 Å². The highest BCUT2D eigenvalue weighted by Gasteiger charge is 2.57. The lowest BCUT2D eigenvalue weighted by atomic mass is 9.79. The van der Waals surface area contributed by atoms with E-state index in [0.717, 1.165) is 63.0 Å². The van der Waals surface area contributed by atoms with Gasteiger partial charge in [0.1, 0.15) is 11.6 Å². The second-order valence-electron chi connectivity index (χ2n) is 12.0. The lowest BCUT2D eigenvalue weighted by Gasteiger charge is -2.54. The number of aryl methyl sites for hydroxylation is 2. The number of aromatic amines is 1. The molecule has 2 aliphatic heterocycles. The van der Waals surface area contributed by atoms with Gasteiger partial charge in [-0.25, -0.2) is 4.48 Å². The molecular formula is C29H43N4O4S+. The van der Waals surface area contributed by atoms with Gasteiger partial charge in [0.15, 0.2) is 5.06 Å². The van der Waals surface area contributed by atoms with E-state index in [1.807, 2.05) is 26.8 Å². The summed E-state index contributed by atoms with van der Waals surface area (Å²) in [4.78, 5) is 42.3. The van der Waals surface area contributed by atoms with E-state index in [-0.39, 0.29) is 35.7 Å². The molecule has 208 valence electrons. The van der Waals surface area contributed by atoms with Crippen molar-refractivity contribution in [2.75, 3.05) is 19.6 Å². The Morgan fingerprint density at radius 2 is 1.84 bits per heavy atom. The predicted octanol–water partition coefficient (Wildman–Crippen LogP) is 4.96. The van der Waals surface area contributed by atoms with Crippen LogP contribution >= 0.6 is 11.3 Å². The highest BCUT2D eigenvalue weighted by molar-refractivity contribution is 7.12. The molecule has 0 bridgehead atoms. The number of H-pyrrole nitrogens is 1. The van der Waals surface area contributed by atoms with Crippen LogP contribution in [0.1, 0.15) is 85.6 Å². The molecule has 2 aromatic heterocycles. The third-order valence-corrected chi connectivity index (χ3v) is 9.57. The fraction of sp³-hybridized carbons (Fsp3) is 0.621. The Balaban J connectivity index is 1.54. The zero-order valence-electron chi connectivity index (χ0n) is 23.7. The van der Waals surface area contributed by atoms with Gasteiger partial charge in [-0.3, -0.25) is 9.59 Å². The molecule has 38 heavy (non-hydrogen) atoms. The summed E-state index contributed by atoms with van der Waals surface area (Å²) in [6, 6.07) is 2.12. The van der Waals surface area contributed by atoms with Gasteiger partial charge in [-0.2, -0.15) is 4.79 Å². The molecule has 2 saturated heterocycles. The number of ether oxygens (including phenoxy) is 1. The van der Waals surface area contributed by atoms with Crippen molar-refractivity contribution in [1.29, 1.82) is 0 Å². The van der Waals surface area contributed by atoms with Crippen LogP contribution in [-0.4, -0.2) is 52.7 Å². The summed E-state index contributed by atoms with van der Waals surface area (Å²) in [6.45, 7) is 14.9. The number of pyridine rings is 1. The highest BCUT2D eigenvalue weighted by atomic mass is 32.1. The second kappa shape index (κ2) is 11.3. The highest BCUT2D eigenvalue weighted by Crippen LogP contribution is 2.43. The Morgan fingerprint density at radius 3 is 2.50 bits per heavy atom. The number of nitrogens with one attached hydrogen (secondary N) is 3. The third kappa shape index (κ3) is 5.46. The van der Waals surface area contributed by atoms with Gasteiger partial charge < -0.3 is 20.4 Å². The van der Waals surface area contributed by atoms with E-state index < -0.39 is 0 Å². The van der Waals surface area contributed by atoms with Crippen molar-refractivity contribution >= 4 is 23.3 Å². The smallest absolute Gasteiger partial charge is 0.369 e. The molecule has 4 heterocycles. The van der Waals surface area contributed by atoms with Crippen molar-refractivity contribution in [1.82, 2.24) is 15.6 Å². The molecule has 2 atom stereocenters. The molecule has 0 spiro atoms. The lowest BCUT2D eigenvalue weighted by Crippen LogP contribution is -2.72. The zero-order valence-corrected chi connectivity index (χ0v) is 24.5. The van der Waals surface area contributed by atoms with Gasteiger partial charge in [0.05, 0.1) is 12.1 Å². The fourth-order valence-corrected chi connectivity index (χ4v) is 7.42. The number of amides is 2. The Labute approximate surface area is 229 Å². The van der Waals surface area contributed by atoms with Crippen LogP contribution in [0.4, 0.5) is 4.79 Å². The van der Waals surface area contributed by atoms with Crippen LogP contribution in [0.25, 0.3) is 0 Å². The predicted molar refractivity (Wildman–Crippen MR) is 151 cm³/mol. The molecule has 0 aliphatic carbocycles. The van der Waals surface area contributed by atoms with E-state index >= 15 is 0 Å². The fourth-order valence-electron chi connectivity index (χ4n) is 6.51. The number of rotatable bonds is 5. The number of nitrogens with zero attached hydrogens (tertiary/aromatic N) is 1. The average Bonchev–Trinajstić information content (AvgIpc) is 3.22. The summed E-state index contributed by atoms with van der Waals surface area (Å²) >= 11 is 1.28. The van der Waals surface area contributed by atoms with Gasteiger partial charge in [-0.15, -0.1) is 11.3 Å². The maximum atomic E-state index is 14.1. The van der Waals surface area contributed by atoms with E-state index in [1.54, 1.807) is 5.38 Å². The topological polar surface area (TPSA) is 100 Å². The maximum Gasteiger partial charge on any atom is 0.522 e. The normalized spacial score (nSPS) is 22.7. The molecule has 4 rings (SSSR count). The Morgan fingerprint density at radius 1 is 1.13 bits per heavy atom. The number of quaternary nitrogens is 1.